The number of ketones is 1. The van der Waals surface area contributed by atoms with Gasteiger partial charge in [-0.15, -0.1) is 0 Å². The number of fused-ring (bicyclic) bond motifs is 1. The van der Waals surface area contributed by atoms with Crippen LogP contribution in [0.2, 0.25) is 0 Å². The van der Waals surface area contributed by atoms with E-state index in [2.05, 4.69) is 27.6 Å². The highest BCUT2D eigenvalue weighted by Gasteiger charge is 2.49. The molecule has 2 fully saturated rings. The molecule has 3 heterocycles. The second kappa shape index (κ2) is 5.73. The highest BCUT2D eigenvalue weighted by Crippen LogP contribution is 2.26. The van der Waals surface area contributed by atoms with E-state index in [1.54, 1.807) is 0 Å². The molecule has 2 saturated heterocycles. The molecule has 0 saturated carbocycles. The average molecular weight is 303 g/mol. The van der Waals surface area contributed by atoms with Crippen LogP contribution in [0.15, 0.2) is 6.07 Å². The van der Waals surface area contributed by atoms with Crippen molar-refractivity contribution in [1.29, 1.82) is 0 Å². The molecule has 1 amide bonds. The van der Waals surface area contributed by atoms with E-state index in [1.807, 2.05) is 19.9 Å². The molecule has 2 aliphatic heterocycles. The summed E-state index contributed by atoms with van der Waals surface area (Å²) in [6.07, 6.45) is 1.96. The van der Waals surface area contributed by atoms with Crippen molar-refractivity contribution < 1.29 is 9.59 Å². The maximum Gasteiger partial charge on any atom is 0.257 e. The number of Topliss-reactive ketones (excluding diaryl/α,β-unsaturated/α-hetero) is 1. The van der Waals surface area contributed by atoms with E-state index in [1.165, 1.54) is 5.01 Å². The van der Waals surface area contributed by atoms with Gasteiger partial charge in [0, 0.05) is 23.9 Å². The molecular weight excluding hydrogens is 282 g/mol. The summed E-state index contributed by atoms with van der Waals surface area (Å²) in [5.41, 5.74) is 4.63. The van der Waals surface area contributed by atoms with Gasteiger partial charge in [0.25, 0.3) is 5.91 Å². The number of carbonyl (C=O) groups excluding carboxylic acids is 2. The lowest BCUT2D eigenvalue weighted by molar-refractivity contribution is -0.133. The van der Waals surface area contributed by atoms with E-state index in [9.17, 15) is 9.59 Å². The van der Waals surface area contributed by atoms with Gasteiger partial charge in [-0.25, -0.2) is 20.4 Å². The predicted molar refractivity (Wildman–Crippen MR) is 80.9 cm³/mol. The summed E-state index contributed by atoms with van der Waals surface area (Å²) in [7, 11) is 0. The fraction of sp³-hybridized carbons (Fsp3) is 0.600. The number of hydrogen-bond acceptors (Lipinski definition) is 6. The summed E-state index contributed by atoms with van der Waals surface area (Å²) >= 11 is 0. The molecule has 3 atom stereocenters. The lowest BCUT2D eigenvalue weighted by Crippen LogP contribution is -2.55. The first-order chi connectivity index (χ1) is 10.5. The Kier molecular flexibility index (Phi) is 3.92. The summed E-state index contributed by atoms with van der Waals surface area (Å²) in [5, 5.41) is 4.67. The predicted octanol–water partition coefficient (Wildman–Crippen LogP) is 0.618. The van der Waals surface area contributed by atoms with Crippen LogP contribution in [-0.4, -0.2) is 33.9 Å². The average Bonchev–Trinajstić information content (AvgIpc) is 2.75. The van der Waals surface area contributed by atoms with Crippen LogP contribution in [0.25, 0.3) is 0 Å². The monoisotopic (exact) mass is 303 g/mol. The van der Waals surface area contributed by atoms with E-state index >= 15 is 0 Å². The van der Waals surface area contributed by atoms with E-state index < -0.39 is 5.92 Å². The lowest BCUT2D eigenvalue weighted by Gasteiger charge is -2.30. The zero-order valence-electron chi connectivity index (χ0n) is 13.1. The quantitative estimate of drug-likeness (QED) is 0.796. The SMILES string of the molecule is CCCC1CC(=O)C2C(=O)N(c3nc(C)cc(C)n3)NC2N1. The minimum Gasteiger partial charge on any atom is -0.299 e. The molecule has 1 aromatic heterocycles. The van der Waals surface area contributed by atoms with Crippen molar-refractivity contribution in [3.05, 3.63) is 17.5 Å². The first-order valence-electron chi connectivity index (χ1n) is 7.70. The van der Waals surface area contributed by atoms with Gasteiger partial charge in [-0.1, -0.05) is 13.3 Å². The highest BCUT2D eigenvalue weighted by molar-refractivity contribution is 6.10. The van der Waals surface area contributed by atoms with E-state index in [-0.39, 0.29) is 23.9 Å². The second-order valence-electron chi connectivity index (χ2n) is 6.03. The molecule has 2 aliphatic rings. The number of hydrogen-bond donors (Lipinski definition) is 2. The summed E-state index contributed by atoms with van der Waals surface area (Å²) in [6.45, 7) is 5.79. The van der Waals surface area contributed by atoms with Crippen molar-refractivity contribution in [2.45, 2.75) is 52.2 Å². The van der Waals surface area contributed by atoms with Gasteiger partial charge in [-0.2, -0.15) is 0 Å². The molecule has 0 bridgehead atoms. The molecular formula is C15H21N5O2. The fourth-order valence-electron chi connectivity index (χ4n) is 3.20. The Morgan fingerprint density at radius 1 is 1.27 bits per heavy atom. The maximum absolute atomic E-state index is 12.6. The van der Waals surface area contributed by atoms with Crippen LogP contribution in [0.1, 0.15) is 37.6 Å². The molecule has 1 aromatic rings. The van der Waals surface area contributed by atoms with E-state index in [0.29, 0.717) is 12.4 Å². The van der Waals surface area contributed by atoms with E-state index in [0.717, 1.165) is 24.2 Å². The third-order valence-corrected chi connectivity index (χ3v) is 4.11. The number of aromatic nitrogens is 2. The second-order valence-corrected chi connectivity index (χ2v) is 6.03. The number of anilines is 1. The van der Waals surface area contributed by atoms with Crippen molar-refractivity contribution in [3.63, 3.8) is 0 Å². The Labute approximate surface area is 129 Å². The Hall–Kier alpha value is -1.86. The molecule has 2 N–H and O–H groups in total. The van der Waals surface area contributed by atoms with Crippen LogP contribution in [-0.2, 0) is 9.59 Å². The van der Waals surface area contributed by atoms with Crippen LogP contribution >= 0.6 is 0 Å². The van der Waals surface area contributed by atoms with Crippen LogP contribution < -0.4 is 15.8 Å². The molecule has 3 rings (SSSR count). The van der Waals surface area contributed by atoms with Crippen molar-refractivity contribution in [3.8, 4) is 0 Å². The lowest BCUT2D eigenvalue weighted by atomic mass is 9.89. The summed E-state index contributed by atoms with van der Waals surface area (Å²) < 4.78 is 0. The van der Waals surface area contributed by atoms with Crippen LogP contribution in [0, 0.1) is 19.8 Å². The molecule has 22 heavy (non-hydrogen) atoms. The number of nitrogens with zero attached hydrogens (tertiary/aromatic N) is 3. The van der Waals surface area contributed by atoms with Crippen LogP contribution in [0.5, 0.6) is 0 Å². The van der Waals surface area contributed by atoms with Crippen molar-refractivity contribution in [1.82, 2.24) is 20.7 Å². The van der Waals surface area contributed by atoms with Crippen LogP contribution in [0.4, 0.5) is 5.95 Å². The third kappa shape index (κ3) is 2.62. The van der Waals surface area contributed by atoms with Gasteiger partial charge in [0.05, 0.1) is 6.17 Å². The van der Waals surface area contributed by atoms with E-state index in [4.69, 9.17) is 0 Å². The first kappa shape index (κ1) is 15.1. The number of amides is 1. The Bertz CT molecular complexity index is 598. The van der Waals surface area contributed by atoms with Gasteiger partial charge >= 0.3 is 0 Å². The molecule has 0 radical (unpaired) electrons. The molecule has 7 heteroatoms. The van der Waals surface area contributed by atoms with Gasteiger partial charge < -0.3 is 0 Å². The minimum absolute atomic E-state index is 0.00780. The Morgan fingerprint density at radius 3 is 2.59 bits per heavy atom. The largest absolute Gasteiger partial charge is 0.299 e. The number of nitrogens with one attached hydrogen (secondary N) is 2. The van der Waals surface area contributed by atoms with Crippen molar-refractivity contribution in [2.24, 2.45) is 5.92 Å². The van der Waals surface area contributed by atoms with Gasteiger partial charge in [0.1, 0.15) is 11.7 Å². The number of carbonyl (C=O) groups is 2. The molecule has 0 spiro atoms. The zero-order valence-corrected chi connectivity index (χ0v) is 13.1. The van der Waals surface area contributed by atoms with Gasteiger partial charge in [-0.3, -0.25) is 14.9 Å². The van der Waals surface area contributed by atoms with Gasteiger partial charge in [-0.05, 0) is 26.3 Å². The zero-order chi connectivity index (χ0) is 15.9. The van der Waals surface area contributed by atoms with Crippen molar-refractivity contribution in [2.75, 3.05) is 5.01 Å². The van der Waals surface area contributed by atoms with Crippen LogP contribution in [0.3, 0.4) is 0 Å². The first-order valence-corrected chi connectivity index (χ1v) is 7.70. The fourth-order valence-corrected chi connectivity index (χ4v) is 3.20. The Morgan fingerprint density at radius 2 is 1.95 bits per heavy atom. The Balaban J connectivity index is 1.85. The highest BCUT2D eigenvalue weighted by atomic mass is 16.2. The number of rotatable bonds is 3. The smallest absolute Gasteiger partial charge is 0.257 e. The summed E-state index contributed by atoms with van der Waals surface area (Å²) in [4.78, 5) is 33.5. The molecule has 0 aliphatic carbocycles. The summed E-state index contributed by atoms with van der Waals surface area (Å²) in [6, 6.07) is 1.97. The number of piperidine rings is 1. The maximum atomic E-state index is 12.6. The minimum atomic E-state index is -0.683. The standard InChI is InChI=1S/C15H21N5O2/c1-4-5-10-7-11(21)12-13(18-10)19-20(14(12)22)15-16-8(2)6-9(3)17-15/h6,10,12-13,18-19H,4-5,7H2,1-3H3. The normalized spacial score (nSPS) is 28.1. The number of aryl methyl sites for hydroxylation is 2. The van der Waals surface area contributed by atoms with Crippen molar-refractivity contribution >= 4 is 17.6 Å². The molecule has 118 valence electrons. The van der Waals surface area contributed by atoms with Gasteiger partial charge in [0.2, 0.25) is 5.95 Å². The number of hydrazine groups is 1. The topological polar surface area (TPSA) is 87.2 Å². The molecule has 0 aromatic carbocycles. The van der Waals surface area contributed by atoms with Gasteiger partial charge in [0.15, 0.2) is 0 Å². The third-order valence-electron chi connectivity index (χ3n) is 4.11. The molecule has 3 unspecified atom stereocenters. The molecule has 7 nitrogen and oxygen atoms in total. The summed E-state index contributed by atoms with van der Waals surface area (Å²) in [5.74, 6) is -0.662.